The third-order valence-corrected chi connectivity index (χ3v) is 5.31. The Morgan fingerprint density at radius 1 is 1.20 bits per heavy atom. The van der Waals surface area contributed by atoms with Crippen LogP contribution in [0.2, 0.25) is 0 Å². The molecule has 130 valence electrons. The zero-order valence-electron chi connectivity index (χ0n) is 15.0. The highest BCUT2D eigenvalue weighted by Gasteiger charge is 2.23. The first-order valence-electron chi connectivity index (χ1n) is 8.43. The molecule has 5 heteroatoms. The van der Waals surface area contributed by atoms with Crippen LogP contribution in [0.1, 0.15) is 46.5 Å². The largest absolute Gasteiger partial charge is 0.344 e. The summed E-state index contributed by atoms with van der Waals surface area (Å²) in [6.07, 6.45) is 1.76. The maximum absolute atomic E-state index is 12.9. The molecule has 3 aromatic heterocycles. The van der Waals surface area contributed by atoms with E-state index in [0.29, 0.717) is 11.5 Å². The second-order valence-corrected chi connectivity index (χ2v) is 7.50. The summed E-state index contributed by atoms with van der Waals surface area (Å²) in [5, 5.41) is 5.25. The van der Waals surface area contributed by atoms with Gasteiger partial charge in [0.1, 0.15) is 5.82 Å². The van der Waals surface area contributed by atoms with E-state index in [0.717, 1.165) is 17.2 Å². The van der Waals surface area contributed by atoms with Crippen LogP contribution >= 0.6 is 11.3 Å². The number of carbonyl (C=O) groups excluding carboxylic acids is 1. The zero-order chi connectivity index (χ0) is 18.0. The summed E-state index contributed by atoms with van der Waals surface area (Å²) in [5.74, 6) is 1.11. The molecule has 1 unspecified atom stereocenters. The molecule has 0 radical (unpaired) electrons. The lowest BCUT2D eigenvalue weighted by molar-refractivity contribution is 0.0926. The molecule has 0 fully saturated rings. The van der Waals surface area contributed by atoms with Gasteiger partial charge in [0.25, 0.3) is 5.91 Å². The highest BCUT2D eigenvalue weighted by atomic mass is 32.1. The number of thiophene rings is 1. The van der Waals surface area contributed by atoms with Gasteiger partial charge >= 0.3 is 0 Å². The fourth-order valence-corrected chi connectivity index (χ4v) is 4.03. The molecule has 3 rings (SSSR count). The Morgan fingerprint density at radius 2 is 2.00 bits per heavy atom. The van der Waals surface area contributed by atoms with Crippen molar-refractivity contribution in [2.75, 3.05) is 0 Å². The van der Waals surface area contributed by atoms with Gasteiger partial charge in [0.05, 0.1) is 11.6 Å². The van der Waals surface area contributed by atoms with Crippen LogP contribution in [0.25, 0.3) is 5.82 Å². The predicted octanol–water partition coefficient (Wildman–Crippen LogP) is 4.68. The summed E-state index contributed by atoms with van der Waals surface area (Å²) in [4.78, 5) is 18.5. The van der Waals surface area contributed by atoms with Crippen molar-refractivity contribution in [3.05, 3.63) is 69.8 Å². The van der Waals surface area contributed by atoms with E-state index in [9.17, 15) is 4.79 Å². The van der Waals surface area contributed by atoms with Crippen molar-refractivity contribution >= 4 is 17.2 Å². The van der Waals surface area contributed by atoms with Crippen LogP contribution in [0, 0.1) is 19.8 Å². The van der Waals surface area contributed by atoms with Gasteiger partial charge < -0.3 is 9.88 Å². The molecule has 4 nitrogen and oxygen atoms in total. The van der Waals surface area contributed by atoms with Gasteiger partial charge in [0, 0.05) is 22.5 Å². The maximum atomic E-state index is 12.9. The second-order valence-electron chi connectivity index (χ2n) is 6.52. The molecule has 1 atom stereocenters. The van der Waals surface area contributed by atoms with Crippen LogP contribution in [0.3, 0.4) is 0 Å². The Bertz CT molecular complexity index is 851. The van der Waals surface area contributed by atoms with Crippen LogP contribution < -0.4 is 5.32 Å². The normalized spacial score (nSPS) is 12.4. The van der Waals surface area contributed by atoms with E-state index in [2.05, 4.69) is 30.2 Å². The maximum Gasteiger partial charge on any atom is 0.253 e. The van der Waals surface area contributed by atoms with E-state index >= 15 is 0 Å². The molecule has 3 aromatic rings. The van der Waals surface area contributed by atoms with Gasteiger partial charge in [-0.05, 0) is 49.4 Å². The van der Waals surface area contributed by atoms with Gasteiger partial charge in [-0.15, -0.1) is 11.3 Å². The Labute approximate surface area is 152 Å². The number of pyridine rings is 1. The first kappa shape index (κ1) is 17.4. The number of hydrogen-bond donors (Lipinski definition) is 1. The topological polar surface area (TPSA) is 46.9 Å². The van der Waals surface area contributed by atoms with E-state index < -0.39 is 0 Å². The van der Waals surface area contributed by atoms with Crippen molar-refractivity contribution in [2.24, 2.45) is 5.92 Å². The van der Waals surface area contributed by atoms with E-state index in [1.807, 2.05) is 54.1 Å². The number of aryl methyl sites for hydroxylation is 1. The number of nitrogens with one attached hydrogen (secondary N) is 1. The lowest BCUT2D eigenvalue weighted by Gasteiger charge is -2.21. The van der Waals surface area contributed by atoms with Crippen LogP contribution in [0.5, 0.6) is 0 Å². The third-order valence-electron chi connectivity index (χ3n) is 4.36. The van der Waals surface area contributed by atoms with Crippen LogP contribution in [-0.4, -0.2) is 15.5 Å². The minimum atomic E-state index is -0.0395. The number of amides is 1. The first-order chi connectivity index (χ1) is 12.0. The molecule has 0 spiro atoms. The summed E-state index contributed by atoms with van der Waals surface area (Å²) in [6, 6.07) is 11.8. The van der Waals surface area contributed by atoms with Crippen molar-refractivity contribution in [1.29, 1.82) is 0 Å². The Kier molecular flexibility index (Phi) is 5.04. The minimum absolute atomic E-state index is 0.0189. The summed E-state index contributed by atoms with van der Waals surface area (Å²) >= 11 is 1.68. The van der Waals surface area contributed by atoms with E-state index in [1.165, 1.54) is 4.88 Å². The SMILES string of the molecule is Cc1cc(C(=O)NC(c2cccs2)C(C)C)c(C)n1-c1ccccn1. The molecular formula is C20H23N3OS. The monoisotopic (exact) mass is 353 g/mol. The Hall–Kier alpha value is -2.40. The third kappa shape index (κ3) is 3.51. The van der Waals surface area contributed by atoms with Crippen molar-refractivity contribution in [1.82, 2.24) is 14.9 Å². The molecule has 1 amide bonds. The number of hydrogen-bond acceptors (Lipinski definition) is 3. The molecule has 0 bridgehead atoms. The molecule has 3 heterocycles. The van der Waals surface area contributed by atoms with Gasteiger partial charge in [0.15, 0.2) is 0 Å². The van der Waals surface area contributed by atoms with Gasteiger partial charge in [0.2, 0.25) is 0 Å². The number of carbonyl (C=O) groups is 1. The average molecular weight is 353 g/mol. The predicted molar refractivity (Wildman–Crippen MR) is 102 cm³/mol. The van der Waals surface area contributed by atoms with Gasteiger partial charge in [-0.2, -0.15) is 0 Å². The minimum Gasteiger partial charge on any atom is -0.344 e. The van der Waals surface area contributed by atoms with Crippen molar-refractivity contribution in [2.45, 2.75) is 33.7 Å². The summed E-state index contributed by atoms with van der Waals surface area (Å²) in [6.45, 7) is 8.22. The standard InChI is InChI=1S/C20H23N3OS/c1-13(2)19(17-8-7-11-25-17)22-20(24)16-12-14(3)23(15(16)4)18-9-5-6-10-21-18/h5-13,19H,1-4H3,(H,22,24). The molecule has 0 aliphatic carbocycles. The molecular weight excluding hydrogens is 330 g/mol. The zero-order valence-corrected chi connectivity index (χ0v) is 15.8. The fraction of sp³-hybridized carbons (Fsp3) is 0.300. The second kappa shape index (κ2) is 7.23. The first-order valence-corrected chi connectivity index (χ1v) is 9.31. The summed E-state index contributed by atoms with van der Waals surface area (Å²) < 4.78 is 2.02. The average Bonchev–Trinajstić information content (AvgIpc) is 3.21. The highest BCUT2D eigenvalue weighted by molar-refractivity contribution is 7.10. The smallest absolute Gasteiger partial charge is 0.253 e. The molecule has 0 aliphatic rings. The summed E-state index contributed by atoms with van der Waals surface area (Å²) in [5.41, 5.74) is 2.60. The number of nitrogens with zero attached hydrogens (tertiary/aromatic N) is 2. The van der Waals surface area contributed by atoms with Crippen molar-refractivity contribution < 1.29 is 4.79 Å². The molecule has 0 aliphatic heterocycles. The Balaban J connectivity index is 1.91. The van der Waals surface area contributed by atoms with Crippen LogP contribution in [0.4, 0.5) is 0 Å². The molecule has 25 heavy (non-hydrogen) atoms. The van der Waals surface area contributed by atoms with Crippen molar-refractivity contribution in [3.63, 3.8) is 0 Å². The van der Waals surface area contributed by atoms with Crippen LogP contribution in [0.15, 0.2) is 48.0 Å². The molecule has 0 saturated carbocycles. The molecule has 0 saturated heterocycles. The number of aromatic nitrogens is 2. The van der Waals surface area contributed by atoms with Gasteiger partial charge in [-0.25, -0.2) is 4.98 Å². The lowest BCUT2D eigenvalue weighted by atomic mass is 10.0. The molecule has 1 N–H and O–H groups in total. The highest BCUT2D eigenvalue weighted by Crippen LogP contribution is 2.27. The van der Waals surface area contributed by atoms with E-state index in [-0.39, 0.29) is 11.9 Å². The van der Waals surface area contributed by atoms with E-state index in [4.69, 9.17) is 0 Å². The van der Waals surface area contributed by atoms with Gasteiger partial charge in [-0.3, -0.25) is 4.79 Å². The fourth-order valence-electron chi connectivity index (χ4n) is 3.08. The van der Waals surface area contributed by atoms with Crippen LogP contribution in [-0.2, 0) is 0 Å². The quantitative estimate of drug-likeness (QED) is 0.724. The van der Waals surface area contributed by atoms with Gasteiger partial charge in [-0.1, -0.05) is 26.0 Å². The molecule has 0 aromatic carbocycles. The van der Waals surface area contributed by atoms with Crippen molar-refractivity contribution in [3.8, 4) is 5.82 Å². The van der Waals surface area contributed by atoms with E-state index in [1.54, 1.807) is 17.5 Å². The number of rotatable bonds is 5. The summed E-state index contributed by atoms with van der Waals surface area (Å²) in [7, 11) is 0. The Morgan fingerprint density at radius 3 is 2.60 bits per heavy atom. The lowest BCUT2D eigenvalue weighted by Crippen LogP contribution is -2.31.